The average Bonchev–Trinajstić information content (AvgIpc) is 3.27. The quantitative estimate of drug-likeness (QED) is 0.647. The maximum absolute atomic E-state index is 13.1. The molecule has 0 saturated heterocycles. The molecule has 1 aliphatic heterocycles. The molecule has 0 fully saturated rings. The molecule has 0 saturated carbocycles. The zero-order chi connectivity index (χ0) is 19.7. The Morgan fingerprint density at radius 2 is 2.11 bits per heavy atom. The minimum absolute atomic E-state index is 0.0222. The molecule has 3 aromatic rings. The minimum Gasteiger partial charge on any atom is -0.356 e. The number of amides is 1. The van der Waals surface area contributed by atoms with Crippen LogP contribution in [-0.2, 0) is 4.79 Å². The van der Waals surface area contributed by atoms with Crippen LogP contribution in [-0.4, -0.2) is 37.5 Å². The van der Waals surface area contributed by atoms with Gasteiger partial charge in [0.15, 0.2) is 10.8 Å². The van der Waals surface area contributed by atoms with Crippen molar-refractivity contribution < 1.29 is 4.79 Å². The van der Waals surface area contributed by atoms with Gasteiger partial charge in [0.2, 0.25) is 5.91 Å². The van der Waals surface area contributed by atoms with Crippen LogP contribution < -0.4 is 10.9 Å². The maximum atomic E-state index is 13.1. The summed E-state index contributed by atoms with van der Waals surface area (Å²) in [6, 6.07) is 9.45. The summed E-state index contributed by atoms with van der Waals surface area (Å²) in [5.41, 5.74) is 1.28. The van der Waals surface area contributed by atoms with Crippen molar-refractivity contribution in [1.82, 2.24) is 24.6 Å². The summed E-state index contributed by atoms with van der Waals surface area (Å²) in [7, 11) is 0. The molecule has 0 spiro atoms. The van der Waals surface area contributed by atoms with E-state index in [1.165, 1.54) is 11.8 Å². The Morgan fingerprint density at radius 1 is 1.32 bits per heavy atom. The van der Waals surface area contributed by atoms with E-state index in [2.05, 4.69) is 24.3 Å². The van der Waals surface area contributed by atoms with E-state index in [1.807, 2.05) is 30.3 Å². The predicted molar refractivity (Wildman–Crippen MR) is 110 cm³/mol. The zero-order valence-corrected chi connectivity index (χ0v) is 16.8. The van der Waals surface area contributed by atoms with Crippen LogP contribution in [0.5, 0.6) is 0 Å². The van der Waals surface area contributed by atoms with E-state index in [4.69, 9.17) is 4.98 Å². The van der Waals surface area contributed by atoms with Gasteiger partial charge >= 0.3 is 0 Å². The lowest BCUT2D eigenvalue weighted by atomic mass is 10.1. The molecule has 28 heavy (non-hydrogen) atoms. The number of carbonyl (C=O) groups is 1. The molecule has 0 radical (unpaired) electrons. The number of para-hydroxylation sites is 1. The summed E-state index contributed by atoms with van der Waals surface area (Å²) >= 11 is 1.51. The monoisotopic (exact) mass is 397 g/mol. The lowest BCUT2D eigenvalue weighted by Gasteiger charge is -2.14. The van der Waals surface area contributed by atoms with E-state index in [0.29, 0.717) is 34.4 Å². The van der Waals surface area contributed by atoms with Crippen molar-refractivity contribution in [1.29, 1.82) is 0 Å². The standard InChI is InChI=1S/C20H23N5O2S/c1-13(2)8-9-21-17(26)10-15-12-28-20-23-18-16(19(27)24(15)20)11-22-25(18)14-6-4-3-5-7-14/h3-7,11,13,15H,8-10,12H2,1-2H3,(H,21,26)/t15-/m1/s1. The third kappa shape index (κ3) is 3.56. The molecule has 1 N–H and O–H groups in total. The molecule has 1 amide bonds. The van der Waals surface area contributed by atoms with E-state index >= 15 is 0 Å². The highest BCUT2D eigenvalue weighted by molar-refractivity contribution is 7.99. The number of hydrogen-bond acceptors (Lipinski definition) is 5. The van der Waals surface area contributed by atoms with Crippen LogP contribution in [0.4, 0.5) is 0 Å². The summed E-state index contributed by atoms with van der Waals surface area (Å²) in [4.78, 5) is 30.1. The highest BCUT2D eigenvalue weighted by Crippen LogP contribution is 2.33. The molecule has 146 valence electrons. The Bertz CT molecular complexity index is 1060. The number of aromatic nitrogens is 4. The molecule has 8 heteroatoms. The second kappa shape index (κ2) is 7.79. The summed E-state index contributed by atoms with van der Waals surface area (Å²) in [6.45, 7) is 4.92. The van der Waals surface area contributed by atoms with Gasteiger partial charge in [-0.15, -0.1) is 0 Å². The van der Waals surface area contributed by atoms with Crippen LogP contribution in [0.3, 0.4) is 0 Å². The van der Waals surface area contributed by atoms with Gasteiger partial charge in [0.1, 0.15) is 5.39 Å². The van der Waals surface area contributed by atoms with Gasteiger partial charge in [0.25, 0.3) is 5.56 Å². The van der Waals surface area contributed by atoms with Crippen molar-refractivity contribution in [2.75, 3.05) is 12.3 Å². The van der Waals surface area contributed by atoms with Crippen molar-refractivity contribution in [3.63, 3.8) is 0 Å². The first-order chi connectivity index (χ1) is 13.5. The van der Waals surface area contributed by atoms with Crippen LogP contribution in [0.25, 0.3) is 16.7 Å². The predicted octanol–water partition coefficient (Wildman–Crippen LogP) is 2.78. The first kappa shape index (κ1) is 18.7. The van der Waals surface area contributed by atoms with Gasteiger partial charge in [0.05, 0.1) is 17.9 Å². The van der Waals surface area contributed by atoms with Crippen molar-refractivity contribution >= 4 is 28.7 Å². The normalized spacial score (nSPS) is 15.9. The van der Waals surface area contributed by atoms with Gasteiger partial charge in [0, 0.05) is 18.7 Å². The number of hydrogen-bond donors (Lipinski definition) is 1. The van der Waals surface area contributed by atoms with Gasteiger partial charge in [-0.1, -0.05) is 43.8 Å². The topological polar surface area (TPSA) is 81.8 Å². The van der Waals surface area contributed by atoms with Gasteiger partial charge < -0.3 is 5.32 Å². The Morgan fingerprint density at radius 3 is 2.86 bits per heavy atom. The summed E-state index contributed by atoms with van der Waals surface area (Å²) in [5, 5.41) is 8.44. The van der Waals surface area contributed by atoms with Gasteiger partial charge in [-0.2, -0.15) is 5.10 Å². The van der Waals surface area contributed by atoms with Gasteiger partial charge in [-0.25, -0.2) is 9.67 Å². The molecule has 0 aliphatic carbocycles. The number of carbonyl (C=O) groups excluding carboxylic acids is 1. The van der Waals surface area contributed by atoms with E-state index in [-0.39, 0.29) is 23.9 Å². The van der Waals surface area contributed by atoms with E-state index in [9.17, 15) is 9.59 Å². The molecule has 1 aliphatic rings. The van der Waals surface area contributed by atoms with Crippen LogP contribution >= 0.6 is 11.8 Å². The van der Waals surface area contributed by atoms with Crippen LogP contribution in [0, 0.1) is 5.92 Å². The van der Waals surface area contributed by atoms with Crippen LogP contribution in [0.2, 0.25) is 0 Å². The Balaban J connectivity index is 1.61. The molecule has 2 aromatic heterocycles. The molecule has 0 bridgehead atoms. The molecule has 1 atom stereocenters. The molecule has 1 aromatic carbocycles. The van der Waals surface area contributed by atoms with E-state index in [0.717, 1.165) is 12.1 Å². The Kier molecular flexibility index (Phi) is 5.21. The number of rotatable bonds is 6. The van der Waals surface area contributed by atoms with Gasteiger partial charge in [-0.05, 0) is 24.5 Å². The number of nitrogens with one attached hydrogen (secondary N) is 1. The smallest absolute Gasteiger partial charge is 0.265 e. The largest absolute Gasteiger partial charge is 0.356 e. The number of thioether (sulfide) groups is 1. The lowest BCUT2D eigenvalue weighted by Crippen LogP contribution is -2.31. The molecule has 3 heterocycles. The Labute approximate surface area is 167 Å². The number of nitrogens with zero attached hydrogens (tertiary/aromatic N) is 4. The fraction of sp³-hybridized carbons (Fsp3) is 0.400. The first-order valence-electron chi connectivity index (χ1n) is 9.49. The van der Waals surface area contributed by atoms with Crippen molar-refractivity contribution in [2.24, 2.45) is 5.92 Å². The minimum atomic E-state index is -0.177. The second-order valence-electron chi connectivity index (χ2n) is 7.40. The maximum Gasteiger partial charge on any atom is 0.265 e. The number of benzene rings is 1. The van der Waals surface area contributed by atoms with E-state index in [1.54, 1.807) is 15.4 Å². The number of fused-ring (bicyclic) bond motifs is 2. The molecule has 0 unspecified atom stereocenters. The summed E-state index contributed by atoms with van der Waals surface area (Å²) in [5.74, 6) is 1.20. The Hall–Kier alpha value is -2.61. The third-order valence-corrected chi connectivity index (χ3v) is 5.93. The van der Waals surface area contributed by atoms with Crippen molar-refractivity contribution in [3.8, 4) is 5.69 Å². The first-order valence-corrected chi connectivity index (χ1v) is 10.5. The van der Waals surface area contributed by atoms with E-state index < -0.39 is 0 Å². The van der Waals surface area contributed by atoms with Crippen molar-refractivity contribution in [2.45, 2.75) is 37.9 Å². The fourth-order valence-corrected chi connectivity index (χ4v) is 4.46. The van der Waals surface area contributed by atoms with Gasteiger partial charge in [-0.3, -0.25) is 14.2 Å². The SMILES string of the molecule is CC(C)CCNC(=O)C[C@@H]1CSc2nc3c(cnn3-c3ccccc3)c(=O)n21. The summed E-state index contributed by atoms with van der Waals surface area (Å²) < 4.78 is 3.34. The fourth-order valence-electron chi connectivity index (χ4n) is 3.33. The highest BCUT2D eigenvalue weighted by Gasteiger charge is 2.29. The summed E-state index contributed by atoms with van der Waals surface area (Å²) in [6.07, 6.45) is 2.80. The molecular formula is C20H23N5O2S. The molecule has 7 nitrogen and oxygen atoms in total. The lowest BCUT2D eigenvalue weighted by molar-refractivity contribution is -0.121. The molecular weight excluding hydrogens is 374 g/mol. The van der Waals surface area contributed by atoms with Crippen LogP contribution in [0.15, 0.2) is 46.5 Å². The second-order valence-corrected chi connectivity index (χ2v) is 8.39. The zero-order valence-electron chi connectivity index (χ0n) is 16.0. The highest BCUT2D eigenvalue weighted by atomic mass is 32.2. The van der Waals surface area contributed by atoms with Crippen LogP contribution in [0.1, 0.15) is 32.7 Å². The molecule has 4 rings (SSSR count). The third-order valence-electron chi connectivity index (χ3n) is 4.84. The van der Waals surface area contributed by atoms with Crippen molar-refractivity contribution in [3.05, 3.63) is 46.9 Å². The average molecular weight is 398 g/mol.